The number of hydrogen-bond donors (Lipinski definition) is 1. The Morgan fingerprint density at radius 3 is 3.06 bits per heavy atom. The van der Waals surface area contributed by atoms with Gasteiger partial charge in [-0.2, -0.15) is 0 Å². The van der Waals surface area contributed by atoms with Crippen LogP contribution in [0, 0.1) is 0 Å². The molecule has 1 aromatic carbocycles. The maximum Gasteiger partial charge on any atom is 0.226 e. The van der Waals surface area contributed by atoms with Crippen molar-refractivity contribution in [2.75, 3.05) is 6.54 Å². The van der Waals surface area contributed by atoms with Crippen LogP contribution in [0.15, 0.2) is 28.8 Å². The largest absolute Gasteiger partial charge is 0.356 e. The molecule has 0 spiro atoms. The van der Waals surface area contributed by atoms with Gasteiger partial charge in [0.25, 0.3) is 0 Å². The fourth-order valence-electron chi connectivity index (χ4n) is 1.69. The smallest absolute Gasteiger partial charge is 0.226 e. The Labute approximate surface area is 114 Å². The average molecular weight is 311 g/mol. The number of halogens is 1. The summed E-state index contributed by atoms with van der Waals surface area (Å²) in [4.78, 5) is 12.1. The monoisotopic (exact) mass is 310 g/mol. The van der Waals surface area contributed by atoms with E-state index in [-0.39, 0.29) is 12.3 Å². The van der Waals surface area contributed by atoms with Crippen molar-refractivity contribution in [2.24, 2.45) is 0 Å². The summed E-state index contributed by atoms with van der Waals surface area (Å²) in [6.07, 6.45) is 1.17. The van der Waals surface area contributed by atoms with E-state index in [2.05, 4.69) is 33.3 Å². The topological polar surface area (TPSA) is 55.1 Å². The zero-order valence-corrected chi connectivity index (χ0v) is 11.7. The molecule has 1 aromatic heterocycles. The maximum absolute atomic E-state index is 11.7. The van der Waals surface area contributed by atoms with Crippen LogP contribution in [0.25, 0.3) is 11.0 Å². The van der Waals surface area contributed by atoms with E-state index in [9.17, 15) is 4.79 Å². The molecule has 0 bridgehead atoms. The van der Waals surface area contributed by atoms with Crippen LogP contribution in [0.4, 0.5) is 0 Å². The minimum Gasteiger partial charge on any atom is -0.356 e. The van der Waals surface area contributed by atoms with Crippen molar-refractivity contribution >= 4 is 32.8 Å². The van der Waals surface area contributed by atoms with Gasteiger partial charge in [-0.1, -0.05) is 40.1 Å². The minimum atomic E-state index is -0.0257. The summed E-state index contributed by atoms with van der Waals surface area (Å²) in [6.45, 7) is 2.72. The third-order valence-electron chi connectivity index (χ3n) is 2.64. The van der Waals surface area contributed by atoms with Gasteiger partial charge < -0.3 is 9.84 Å². The van der Waals surface area contributed by atoms with Crippen LogP contribution >= 0.6 is 15.9 Å². The van der Waals surface area contributed by atoms with Crippen molar-refractivity contribution < 1.29 is 9.32 Å². The van der Waals surface area contributed by atoms with Crippen molar-refractivity contribution in [3.8, 4) is 0 Å². The summed E-state index contributed by atoms with van der Waals surface area (Å²) in [5, 5.41) is 7.70. The summed E-state index contributed by atoms with van der Waals surface area (Å²) < 4.78 is 5.16. The minimum absolute atomic E-state index is 0.0257. The van der Waals surface area contributed by atoms with E-state index < -0.39 is 0 Å². The van der Waals surface area contributed by atoms with Gasteiger partial charge in [0, 0.05) is 16.8 Å². The fraction of sp³-hybridized carbons (Fsp3) is 0.385. The number of benzene rings is 1. The molecule has 4 nitrogen and oxygen atoms in total. The number of carbonyl (C=O) groups is 1. The lowest BCUT2D eigenvalue weighted by Crippen LogP contribution is -2.27. The fourth-order valence-corrected chi connectivity index (χ4v) is 1.92. The highest BCUT2D eigenvalue weighted by Gasteiger charge is 2.11. The Balaban J connectivity index is 1.95. The van der Waals surface area contributed by atoms with Crippen molar-refractivity contribution in [1.29, 1.82) is 0 Å². The van der Waals surface area contributed by atoms with E-state index in [1.807, 2.05) is 24.3 Å². The molecule has 2 aromatic rings. The Morgan fingerprint density at radius 1 is 1.50 bits per heavy atom. The Kier molecular flexibility index (Phi) is 4.36. The highest BCUT2D eigenvalue weighted by atomic mass is 79.9. The molecule has 18 heavy (non-hydrogen) atoms. The highest BCUT2D eigenvalue weighted by Crippen LogP contribution is 2.17. The number of rotatable bonds is 5. The lowest BCUT2D eigenvalue weighted by molar-refractivity contribution is -0.120. The van der Waals surface area contributed by atoms with Crippen LogP contribution in [0.3, 0.4) is 0 Å². The first-order valence-electron chi connectivity index (χ1n) is 5.91. The average Bonchev–Trinajstić information content (AvgIpc) is 2.72. The molecule has 96 valence electrons. The van der Waals surface area contributed by atoms with Gasteiger partial charge in [0.05, 0.1) is 6.42 Å². The van der Waals surface area contributed by atoms with Crippen LogP contribution in [0.1, 0.15) is 19.0 Å². The predicted molar refractivity (Wildman–Crippen MR) is 73.7 cm³/mol. The second kappa shape index (κ2) is 6.00. The van der Waals surface area contributed by atoms with E-state index in [1.165, 1.54) is 0 Å². The number of amides is 1. The molecule has 1 heterocycles. The Morgan fingerprint density at radius 2 is 2.28 bits per heavy atom. The zero-order valence-electron chi connectivity index (χ0n) is 10.1. The van der Waals surface area contributed by atoms with Gasteiger partial charge in [-0.05, 0) is 18.6 Å². The SMILES string of the molecule is CC(Br)CCNC(=O)Cc1noc2ccccc12. The molecule has 2 rings (SSSR count). The van der Waals surface area contributed by atoms with Crippen molar-refractivity contribution in [3.05, 3.63) is 30.0 Å². The first kappa shape index (κ1) is 13.1. The number of alkyl halides is 1. The summed E-state index contributed by atoms with van der Waals surface area (Å²) in [6, 6.07) is 7.55. The van der Waals surface area contributed by atoms with E-state index in [4.69, 9.17) is 4.52 Å². The van der Waals surface area contributed by atoms with E-state index in [0.717, 1.165) is 17.4 Å². The molecule has 0 saturated carbocycles. The number of fused-ring (bicyclic) bond motifs is 1. The number of aromatic nitrogens is 1. The van der Waals surface area contributed by atoms with Crippen LogP contribution in [0.5, 0.6) is 0 Å². The van der Waals surface area contributed by atoms with Gasteiger partial charge in [0.2, 0.25) is 5.91 Å². The third kappa shape index (κ3) is 3.32. The first-order valence-corrected chi connectivity index (χ1v) is 6.82. The van der Waals surface area contributed by atoms with Gasteiger partial charge in [0.15, 0.2) is 5.58 Å². The van der Waals surface area contributed by atoms with Gasteiger partial charge in [-0.15, -0.1) is 0 Å². The summed E-state index contributed by atoms with van der Waals surface area (Å²) in [5.41, 5.74) is 1.41. The summed E-state index contributed by atoms with van der Waals surface area (Å²) >= 11 is 3.44. The zero-order chi connectivity index (χ0) is 13.0. The van der Waals surface area contributed by atoms with Crippen molar-refractivity contribution in [1.82, 2.24) is 10.5 Å². The molecule has 0 fully saturated rings. The lowest BCUT2D eigenvalue weighted by atomic mass is 10.1. The van der Waals surface area contributed by atoms with Gasteiger partial charge >= 0.3 is 0 Å². The van der Waals surface area contributed by atoms with Crippen molar-refractivity contribution in [2.45, 2.75) is 24.6 Å². The first-order chi connectivity index (χ1) is 8.66. The molecule has 1 unspecified atom stereocenters. The molecule has 0 radical (unpaired) electrons. The predicted octanol–water partition coefficient (Wildman–Crippen LogP) is 2.66. The van der Waals surface area contributed by atoms with Gasteiger partial charge in [-0.25, -0.2) is 0 Å². The van der Waals surface area contributed by atoms with Crippen LogP contribution in [-0.4, -0.2) is 22.4 Å². The molecular formula is C13H15BrN2O2. The summed E-state index contributed by atoms with van der Waals surface area (Å²) in [5.74, 6) is -0.0257. The highest BCUT2D eigenvalue weighted by molar-refractivity contribution is 9.09. The Bertz CT molecular complexity index is 537. The lowest BCUT2D eigenvalue weighted by Gasteiger charge is -2.05. The quantitative estimate of drug-likeness (QED) is 0.864. The molecule has 0 aliphatic carbocycles. The number of nitrogens with one attached hydrogen (secondary N) is 1. The van der Waals surface area contributed by atoms with Crippen molar-refractivity contribution in [3.63, 3.8) is 0 Å². The van der Waals surface area contributed by atoms with Gasteiger partial charge in [0.1, 0.15) is 5.69 Å². The second-order valence-electron chi connectivity index (χ2n) is 4.22. The second-order valence-corrected chi connectivity index (χ2v) is 5.78. The van der Waals surface area contributed by atoms with Gasteiger partial charge in [-0.3, -0.25) is 4.79 Å². The van der Waals surface area contributed by atoms with Crippen LogP contribution in [0.2, 0.25) is 0 Å². The molecule has 1 atom stereocenters. The van der Waals surface area contributed by atoms with Crippen LogP contribution < -0.4 is 5.32 Å². The molecular weight excluding hydrogens is 296 g/mol. The van der Waals surface area contributed by atoms with Crippen LogP contribution in [-0.2, 0) is 11.2 Å². The standard InChI is InChI=1S/C13H15BrN2O2/c1-9(14)6-7-15-13(17)8-11-10-4-2-3-5-12(10)18-16-11/h2-5,9H,6-8H2,1H3,(H,15,17). The molecule has 1 amide bonds. The number of para-hydroxylation sites is 1. The van der Waals surface area contributed by atoms with E-state index in [1.54, 1.807) is 0 Å². The Hall–Kier alpha value is -1.36. The summed E-state index contributed by atoms with van der Waals surface area (Å²) in [7, 11) is 0. The number of hydrogen-bond acceptors (Lipinski definition) is 3. The van der Waals surface area contributed by atoms with E-state index in [0.29, 0.717) is 17.1 Å². The third-order valence-corrected chi connectivity index (χ3v) is 3.10. The molecule has 0 aliphatic rings. The number of nitrogens with zero attached hydrogens (tertiary/aromatic N) is 1. The maximum atomic E-state index is 11.7. The molecule has 1 N–H and O–H groups in total. The molecule has 0 aliphatic heterocycles. The normalized spacial score (nSPS) is 12.6. The molecule has 0 saturated heterocycles. The molecule has 5 heteroatoms. The van der Waals surface area contributed by atoms with E-state index >= 15 is 0 Å². The number of carbonyl (C=O) groups excluding carboxylic acids is 1.